The van der Waals surface area contributed by atoms with Gasteiger partial charge >= 0.3 is 0 Å². The van der Waals surface area contributed by atoms with Gasteiger partial charge in [-0.05, 0) is 37.0 Å². The van der Waals surface area contributed by atoms with Gasteiger partial charge in [0.1, 0.15) is 11.3 Å². The maximum Gasteiger partial charge on any atom is 0.214 e. The minimum absolute atomic E-state index is 0.0152. The Morgan fingerprint density at radius 1 is 1.31 bits per heavy atom. The van der Waals surface area contributed by atoms with Crippen LogP contribution in [0.4, 0.5) is 5.82 Å². The van der Waals surface area contributed by atoms with Crippen molar-refractivity contribution in [3.63, 3.8) is 0 Å². The van der Waals surface area contributed by atoms with Crippen molar-refractivity contribution >= 4 is 27.0 Å². The Labute approximate surface area is 170 Å². The summed E-state index contributed by atoms with van der Waals surface area (Å²) in [5, 5.41) is 3.42. The van der Waals surface area contributed by atoms with E-state index in [4.69, 9.17) is 0 Å². The Balaban J connectivity index is 1.49. The van der Waals surface area contributed by atoms with Crippen LogP contribution in [0.5, 0.6) is 0 Å². The van der Waals surface area contributed by atoms with Gasteiger partial charge in [0.25, 0.3) is 0 Å². The minimum Gasteiger partial charge on any atom is -0.365 e. The average Bonchev–Trinajstić information content (AvgIpc) is 3.36. The fraction of sp³-hybridized carbons (Fsp3) is 0.450. The number of H-pyrrole nitrogens is 1. The summed E-state index contributed by atoms with van der Waals surface area (Å²) < 4.78 is 26.8. The van der Waals surface area contributed by atoms with E-state index in [1.807, 2.05) is 38.2 Å². The maximum atomic E-state index is 12.6. The molecule has 0 radical (unpaired) electrons. The van der Waals surface area contributed by atoms with Gasteiger partial charge in [-0.25, -0.2) is 23.4 Å². The molecule has 9 heteroatoms. The van der Waals surface area contributed by atoms with E-state index in [9.17, 15) is 8.42 Å². The fourth-order valence-corrected chi connectivity index (χ4v) is 5.31. The molecular weight excluding hydrogens is 388 g/mol. The first-order valence-corrected chi connectivity index (χ1v) is 11.5. The smallest absolute Gasteiger partial charge is 0.214 e. The molecule has 1 aliphatic rings. The highest BCUT2D eigenvalue weighted by molar-refractivity contribution is 7.89. The quantitative estimate of drug-likeness (QED) is 0.616. The van der Waals surface area contributed by atoms with Crippen molar-refractivity contribution in [2.45, 2.75) is 32.7 Å². The summed E-state index contributed by atoms with van der Waals surface area (Å²) >= 11 is 0. The van der Waals surface area contributed by atoms with E-state index in [0.29, 0.717) is 31.2 Å². The summed E-state index contributed by atoms with van der Waals surface area (Å²) in [6.45, 7) is 5.08. The third-order valence-corrected chi connectivity index (χ3v) is 7.05. The van der Waals surface area contributed by atoms with Gasteiger partial charge in [0.15, 0.2) is 5.65 Å². The molecule has 154 valence electrons. The zero-order valence-electron chi connectivity index (χ0n) is 16.7. The normalized spacial score (nSPS) is 18.0. The molecule has 0 aromatic carbocycles. The molecule has 4 heterocycles. The summed E-state index contributed by atoms with van der Waals surface area (Å²) in [7, 11) is -3.21. The van der Waals surface area contributed by atoms with E-state index in [-0.39, 0.29) is 11.8 Å². The molecule has 3 aromatic heterocycles. The van der Waals surface area contributed by atoms with E-state index in [2.05, 4.69) is 25.3 Å². The molecule has 0 amide bonds. The van der Waals surface area contributed by atoms with Crippen molar-refractivity contribution in [1.29, 1.82) is 0 Å². The van der Waals surface area contributed by atoms with Gasteiger partial charge in [-0.15, -0.1) is 0 Å². The van der Waals surface area contributed by atoms with Crippen LogP contribution in [0.2, 0.25) is 0 Å². The van der Waals surface area contributed by atoms with Gasteiger partial charge in [0.05, 0.1) is 17.6 Å². The lowest BCUT2D eigenvalue weighted by molar-refractivity contribution is 0.467. The van der Waals surface area contributed by atoms with Crippen molar-refractivity contribution < 1.29 is 8.42 Å². The topological polar surface area (TPSA) is 104 Å². The second-order valence-corrected chi connectivity index (χ2v) is 9.94. The Bertz CT molecular complexity index is 1100. The lowest BCUT2D eigenvalue weighted by Crippen LogP contribution is -2.33. The Morgan fingerprint density at radius 3 is 3.00 bits per heavy atom. The van der Waals surface area contributed by atoms with Crippen molar-refractivity contribution in [2.24, 2.45) is 5.92 Å². The van der Waals surface area contributed by atoms with Gasteiger partial charge in [-0.1, -0.05) is 13.8 Å². The minimum atomic E-state index is -3.21. The van der Waals surface area contributed by atoms with Gasteiger partial charge in [0.2, 0.25) is 10.0 Å². The number of pyridine rings is 1. The highest BCUT2D eigenvalue weighted by Crippen LogP contribution is 2.27. The van der Waals surface area contributed by atoms with E-state index in [1.165, 1.54) is 0 Å². The molecule has 1 atom stereocenters. The number of fused-ring (bicyclic) bond motifs is 1. The van der Waals surface area contributed by atoms with Crippen LogP contribution >= 0.6 is 0 Å². The summed E-state index contributed by atoms with van der Waals surface area (Å²) in [6, 6.07) is 5.71. The van der Waals surface area contributed by atoms with Crippen LogP contribution in [-0.2, 0) is 10.0 Å². The average molecular weight is 415 g/mol. The Kier molecular flexibility index (Phi) is 5.51. The van der Waals surface area contributed by atoms with E-state index in [1.54, 1.807) is 16.7 Å². The molecule has 0 spiro atoms. The number of aromatic nitrogens is 4. The van der Waals surface area contributed by atoms with Crippen LogP contribution in [0, 0.1) is 5.92 Å². The summed E-state index contributed by atoms with van der Waals surface area (Å²) in [6.07, 6.45) is 6.68. The summed E-state index contributed by atoms with van der Waals surface area (Å²) in [4.78, 5) is 16.6. The molecule has 1 aliphatic heterocycles. The van der Waals surface area contributed by atoms with Crippen LogP contribution in [0.15, 0.2) is 36.8 Å². The molecule has 29 heavy (non-hydrogen) atoms. The SMILES string of the molecule is CC(C)CCS(=O)(=O)N1CCC(Nc2ncccc2-c2cnc3[nH]ccc3n2)C1. The number of anilines is 1. The van der Waals surface area contributed by atoms with Crippen LogP contribution in [0.1, 0.15) is 26.7 Å². The highest BCUT2D eigenvalue weighted by Gasteiger charge is 2.31. The second-order valence-electron chi connectivity index (χ2n) is 7.85. The van der Waals surface area contributed by atoms with E-state index < -0.39 is 10.0 Å². The number of aromatic amines is 1. The molecule has 0 saturated carbocycles. The predicted molar refractivity (Wildman–Crippen MR) is 114 cm³/mol. The van der Waals surface area contributed by atoms with Crippen molar-refractivity contribution in [2.75, 3.05) is 24.2 Å². The van der Waals surface area contributed by atoms with Crippen molar-refractivity contribution in [3.05, 3.63) is 36.8 Å². The third kappa shape index (κ3) is 4.40. The molecule has 0 aliphatic carbocycles. The zero-order chi connectivity index (χ0) is 20.4. The van der Waals surface area contributed by atoms with Crippen LogP contribution in [-0.4, -0.2) is 57.5 Å². The number of rotatable bonds is 7. The first-order valence-electron chi connectivity index (χ1n) is 9.92. The Hall–Kier alpha value is -2.52. The first kappa shape index (κ1) is 19.8. The molecule has 1 saturated heterocycles. The predicted octanol–water partition coefficient (Wildman–Crippen LogP) is 2.88. The van der Waals surface area contributed by atoms with Crippen LogP contribution in [0.25, 0.3) is 22.4 Å². The van der Waals surface area contributed by atoms with Gasteiger partial charge < -0.3 is 10.3 Å². The van der Waals surface area contributed by atoms with Crippen molar-refractivity contribution in [1.82, 2.24) is 24.2 Å². The molecule has 2 N–H and O–H groups in total. The zero-order valence-corrected chi connectivity index (χ0v) is 17.5. The molecule has 1 unspecified atom stereocenters. The van der Waals surface area contributed by atoms with Crippen LogP contribution < -0.4 is 5.32 Å². The largest absolute Gasteiger partial charge is 0.365 e. The van der Waals surface area contributed by atoms with Crippen LogP contribution in [0.3, 0.4) is 0 Å². The van der Waals surface area contributed by atoms with Gasteiger partial charge in [-0.3, -0.25) is 0 Å². The molecule has 8 nitrogen and oxygen atoms in total. The van der Waals surface area contributed by atoms with Crippen molar-refractivity contribution in [3.8, 4) is 11.3 Å². The standard InChI is InChI=1S/C20H26N6O2S/c1-14(2)7-11-29(27,28)26-10-6-15(13-26)24-19-16(4-3-8-21-19)18-12-23-20-17(25-18)5-9-22-20/h3-5,8-9,12,14-15H,6-7,10-11,13H2,1-2H3,(H,21,24)(H,22,23). The Morgan fingerprint density at radius 2 is 2.17 bits per heavy atom. The highest BCUT2D eigenvalue weighted by atomic mass is 32.2. The second kappa shape index (κ2) is 8.08. The fourth-order valence-electron chi connectivity index (χ4n) is 3.49. The molecule has 3 aromatic rings. The number of hydrogen-bond donors (Lipinski definition) is 2. The van der Waals surface area contributed by atoms with Gasteiger partial charge in [-0.2, -0.15) is 4.31 Å². The van der Waals surface area contributed by atoms with E-state index >= 15 is 0 Å². The monoisotopic (exact) mass is 414 g/mol. The number of sulfonamides is 1. The number of nitrogens with one attached hydrogen (secondary N) is 2. The molecule has 0 bridgehead atoms. The summed E-state index contributed by atoms with van der Waals surface area (Å²) in [5.41, 5.74) is 3.11. The summed E-state index contributed by atoms with van der Waals surface area (Å²) in [5.74, 6) is 1.28. The molecule has 4 rings (SSSR count). The third-order valence-electron chi connectivity index (χ3n) is 5.18. The lowest BCUT2D eigenvalue weighted by Gasteiger charge is -2.19. The van der Waals surface area contributed by atoms with E-state index in [0.717, 1.165) is 28.8 Å². The first-order chi connectivity index (χ1) is 13.9. The molecular formula is C20H26N6O2S. The maximum absolute atomic E-state index is 12.6. The number of nitrogens with zero attached hydrogens (tertiary/aromatic N) is 4. The van der Waals surface area contributed by atoms with Gasteiger partial charge in [0, 0.05) is 37.1 Å². The molecule has 1 fully saturated rings. The number of hydrogen-bond acceptors (Lipinski definition) is 6. The lowest BCUT2D eigenvalue weighted by atomic mass is 10.1.